The minimum atomic E-state index is -3.32. The van der Waals surface area contributed by atoms with E-state index in [9.17, 15) is 13.2 Å². The number of hydrogen-bond donors (Lipinski definition) is 1. The Morgan fingerprint density at radius 3 is 2.73 bits per heavy atom. The summed E-state index contributed by atoms with van der Waals surface area (Å²) in [5, 5.41) is 7.20. The molecule has 37 heavy (non-hydrogen) atoms. The van der Waals surface area contributed by atoms with Crippen LogP contribution in [0.3, 0.4) is 0 Å². The molecule has 0 spiro atoms. The van der Waals surface area contributed by atoms with Crippen LogP contribution in [0.2, 0.25) is 0 Å². The second kappa shape index (κ2) is 11.6. The summed E-state index contributed by atoms with van der Waals surface area (Å²) in [6.45, 7) is 5.98. The highest BCUT2D eigenvalue weighted by Crippen LogP contribution is 2.33. The molecule has 2 aromatic rings. The quantitative estimate of drug-likeness (QED) is 0.376. The number of hydrogen-bond acceptors (Lipinski definition) is 10. The average molecular weight is 548 g/mol. The van der Waals surface area contributed by atoms with Crippen molar-refractivity contribution in [1.82, 2.24) is 14.8 Å². The Balaban J connectivity index is 1.29. The van der Waals surface area contributed by atoms with Crippen molar-refractivity contribution < 1.29 is 22.8 Å². The third-order valence-electron chi connectivity index (χ3n) is 6.78. The summed E-state index contributed by atoms with van der Waals surface area (Å²) >= 11 is 1.44. The van der Waals surface area contributed by atoms with Gasteiger partial charge in [0.05, 0.1) is 23.4 Å². The molecule has 3 aliphatic rings. The van der Waals surface area contributed by atoms with E-state index in [4.69, 9.17) is 9.57 Å². The molecule has 0 radical (unpaired) electrons. The van der Waals surface area contributed by atoms with Crippen molar-refractivity contribution in [1.29, 1.82) is 0 Å². The summed E-state index contributed by atoms with van der Waals surface area (Å²) in [4.78, 5) is 29.4. The molecule has 5 rings (SSSR count). The molecule has 1 aliphatic carbocycles. The van der Waals surface area contributed by atoms with E-state index in [-0.39, 0.29) is 22.0 Å². The lowest BCUT2D eigenvalue weighted by molar-refractivity contribution is -0.110. The Labute approximate surface area is 221 Å². The van der Waals surface area contributed by atoms with Crippen molar-refractivity contribution in [2.75, 3.05) is 51.8 Å². The molecule has 1 atom stereocenters. The lowest BCUT2D eigenvalue weighted by Gasteiger charge is -2.18. The van der Waals surface area contributed by atoms with Crippen LogP contribution in [0, 0.1) is 0 Å². The van der Waals surface area contributed by atoms with Crippen LogP contribution < -0.4 is 5.32 Å². The van der Waals surface area contributed by atoms with Gasteiger partial charge in [0, 0.05) is 42.7 Å². The van der Waals surface area contributed by atoms with Crippen LogP contribution >= 0.6 is 11.3 Å². The van der Waals surface area contributed by atoms with Crippen molar-refractivity contribution >= 4 is 37.9 Å². The zero-order chi connectivity index (χ0) is 25.8. The Hall–Kier alpha value is -2.38. The van der Waals surface area contributed by atoms with Gasteiger partial charge < -0.3 is 14.5 Å². The van der Waals surface area contributed by atoms with Crippen molar-refractivity contribution in [2.24, 2.45) is 5.16 Å². The molecule has 1 saturated carbocycles. The maximum atomic E-state index is 13.3. The lowest BCUT2D eigenvalue weighted by atomic mass is 10.1. The Bertz CT molecular complexity index is 1220. The summed E-state index contributed by atoms with van der Waals surface area (Å²) in [5.74, 6) is -0.464. The number of oxime groups is 1. The first-order valence-corrected chi connectivity index (χ1v) is 15.1. The molecule has 10 nitrogen and oxygen atoms in total. The van der Waals surface area contributed by atoms with E-state index in [0.717, 1.165) is 44.0 Å². The summed E-state index contributed by atoms with van der Waals surface area (Å²) in [5.41, 5.74) is 0.534. The number of amides is 1. The molecule has 3 fully saturated rings. The first kappa shape index (κ1) is 26.2. The van der Waals surface area contributed by atoms with Gasteiger partial charge >= 0.3 is 0 Å². The van der Waals surface area contributed by atoms with Gasteiger partial charge in [0.2, 0.25) is 0 Å². The Morgan fingerprint density at radius 1 is 1.19 bits per heavy atom. The predicted octanol–water partition coefficient (Wildman–Crippen LogP) is 2.37. The SMILES string of the molecule is CN1CCCN(Cc2cnc(NC(=O)C(=NO[C@@H]3CCOC3)c3ccc(S(=O)(=O)C4CC4)cc3)s2)CC1. The topological polar surface area (TPSA) is 113 Å². The summed E-state index contributed by atoms with van der Waals surface area (Å²) in [7, 11) is -1.18. The zero-order valence-electron chi connectivity index (χ0n) is 21.0. The van der Waals surface area contributed by atoms with Crippen LogP contribution in [-0.4, -0.2) is 92.6 Å². The minimum Gasteiger partial charge on any atom is -0.389 e. The molecule has 1 aromatic heterocycles. The lowest BCUT2D eigenvalue weighted by Crippen LogP contribution is -2.28. The smallest absolute Gasteiger partial charge is 0.280 e. The summed E-state index contributed by atoms with van der Waals surface area (Å²) in [6, 6.07) is 6.27. The highest BCUT2D eigenvalue weighted by molar-refractivity contribution is 7.92. The number of ether oxygens (including phenoxy) is 1. The summed E-state index contributed by atoms with van der Waals surface area (Å²) < 4.78 is 30.5. The molecule has 1 N–H and O–H groups in total. The van der Waals surface area contributed by atoms with Crippen LogP contribution in [0.5, 0.6) is 0 Å². The van der Waals surface area contributed by atoms with Crippen molar-refractivity contribution in [2.45, 2.75) is 48.5 Å². The second-order valence-corrected chi connectivity index (χ2v) is 13.2. The fourth-order valence-electron chi connectivity index (χ4n) is 4.39. The van der Waals surface area contributed by atoms with Crippen LogP contribution in [-0.2, 0) is 30.8 Å². The predicted molar refractivity (Wildman–Crippen MR) is 142 cm³/mol. The first-order chi connectivity index (χ1) is 17.9. The highest BCUT2D eigenvalue weighted by atomic mass is 32.2. The maximum Gasteiger partial charge on any atom is 0.280 e. The van der Waals surface area contributed by atoms with E-state index in [1.165, 1.54) is 23.5 Å². The van der Waals surface area contributed by atoms with Gasteiger partial charge in [0.1, 0.15) is 0 Å². The molecule has 0 bridgehead atoms. The average Bonchev–Trinajstić information content (AvgIpc) is 3.53. The van der Waals surface area contributed by atoms with E-state index in [1.807, 2.05) is 0 Å². The van der Waals surface area contributed by atoms with Crippen LogP contribution in [0.1, 0.15) is 36.1 Å². The number of nitrogens with zero attached hydrogens (tertiary/aromatic N) is 4. The van der Waals surface area contributed by atoms with Gasteiger partial charge in [-0.1, -0.05) is 17.3 Å². The zero-order valence-corrected chi connectivity index (χ0v) is 22.6. The van der Waals surface area contributed by atoms with Crippen molar-refractivity contribution in [3.8, 4) is 0 Å². The molecule has 2 saturated heterocycles. The number of benzene rings is 1. The fourth-order valence-corrected chi connectivity index (χ4v) is 6.90. The number of thiazole rings is 1. The third-order valence-corrected chi connectivity index (χ3v) is 9.96. The molecule has 3 heterocycles. The first-order valence-electron chi connectivity index (χ1n) is 12.7. The molecule has 200 valence electrons. The van der Waals surface area contributed by atoms with Gasteiger partial charge in [0.15, 0.2) is 26.8 Å². The number of aromatic nitrogens is 1. The van der Waals surface area contributed by atoms with Crippen LogP contribution in [0.15, 0.2) is 40.5 Å². The van der Waals surface area contributed by atoms with Crippen molar-refractivity contribution in [3.05, 3.63) is 40.9 Å². The third kappa shape index (κ3) is 6.74. The molecule has 2 aliphatic heterocycles. The number of anilines is 1. The molecule has 12 heteroatoms. The van der Waals surface area contributed by atoms with E-state index < -0.39 is 15.7 Å². The number of nitrogens with one attached hydrogen (secondary N) is 1. The number of sulfone groups is 1. The normalized spacial score (nSPS) is 22.1. The van der Waals surface area contributed by atoms with Crippen molar-refractivity contribution in [3.63, 3.8) is 0 Å². The largest absolute Gasteiger partial charge is 0.389 e. The van der Waals surface area contributed by atoms with E-state index in [0.29, 0.717) is 43.2 Å². The Morgan fingerprint density at radius 2 is 2.00 bits per heavy atom. The molecular formula is C25H33N5O5S2. The highest BCUT2D eigenvalue weighted by Gasteiger charge is 2.36. The van der Waals surface area contributed by atoms with E-state index in [2.05, 4.69) is 32.3 Å². The molecular weight excluding hydrogens is 514 g/mol. The van der Waals surface area contributed by atoms with Crippen LogP contribution in [0.4, 0.5) is 5.13 Å². The number of carbonyl (C=O) groups is 1. The van der Waals surface area contributed by atoms with Gasteiger partial charge in [-0.05, 0) is 51.5 Å². The van der Waals surface area contributed by atoms with Gasteiger partial charge in [-0.15, -0.1) is 11.3 Å². The summed E-state index contributed by atoms with van der Waals surface area (Å²) in [6.07, 6.45) is 4.79. The van der Waals surface area contributed by atoms with Gasteiger partial charge in [0.25, 0.3) is 5.91 Å². The second-order valence-electron chi connectivity index (χ2n) is 9.82. The van der Waals surface area contributed by atoms with Gasteiger partial charge in [-0.25, -0.2) is 13.4 Å². The number of carbonyl (C=O) groups excluding carboxylic acids is 1. The number of likely N-dealkylation sites (N-methyl/N-ethyl adjacent to an activating group) is 1. The minimum absolute atomic E-state index is 0.0644. The van der Waals surface area contributed by atoms with E-state index in [1.54, 1.807) is 18.3 Å². The Kier molecular flexibility index (Phi) is 8.20. The molecule has 1 amide bonds. The van der Waals surface area contributed by atoms with Gasteiger partial charge in [-0.2, -0.15) is 0 Å². The fraction of sp³-hybridized carbons (Fsp3) is 0.560. The molecule has 0 unspecified atom stereocenters. The monoisotopic (exact) mass is 547 g/mol. The standard InChI is InChI=1S/C25H33N5O5S2/c1-29-10-2-11-30(13-12-29)16-20-15-26-25(36-20)27-24(31)23(28-35-19-9-14-34-17-19)18-3-5-21(6-4-18)37(32,33)22-7-8-22/h3-6,15,19,22H,2,7-14,16-17H2,1H3,(H,26,27,31)/t19-/m1/s1. The molecule has 1 aromatic carbocycles. The van der Waals surface area contributed by atoms with Gasteiger partial charge in [-0.3, -0.25) is 15.0 Å². The van der Waals surface area contributed by atoms with Crippen LogP contribution in [0.25, 0.3) is 0 Å². The maximum absolute atomic E-state index is 13.3. The van der Waals surface area contributed by atoms with E-state index >= 15 is 0 Å². The number of rotatable bonds is 9.